The van der Waals surface area contributed by atoms with Crippen LogP contribution in [0.3, 0.4) is 0 Å². The Bertz CT molecular complexity index is 1150. The smallest absolute Gasteiger partial charge is 0.294 e. The number of benzene rings is 2. The molecular weight excluding hydrogens is 551 g/mol. The average Bonchev–Trinajstić information content (AvgIpc) is 3.41. The molecule has 3 amide bonds. The van der Waals surface area contributed by atoms with Crippen molar-refractivity contribution in [2.75, 3.05) is 19.6 Å². The van der Waals surface area contributed by atoms with E-state index in [4.69, 9.17) is 27.9 Å². The molecule has 2 aromatic rings. The molecule has 0 spiro atoms. The van der Waals surface area contributed by atoms with Crippen molar-refractivity contribution in [1.29, 1.82) is 0 Å². The molecule has 0 N–H and O–H groups in total. The zero-order valence-electron chi connectivity index (χ0n) is 17.4. The molecule has 0 aromatic heterocycles. The van der Waals surface area contributed by atoms with Gasteiger partial charge in [0.25, 0.3) is 11.1 Å². The molecule has 0 radical (unpaired) electrons. The van der Waals surface area contributed by atoms with E-state index in [0.717, 1.165) is 40.6 Å². The molecule has 4 rings (SSSR count). The molecule has 2 fully saturated rings. The molecule has 33 heavy (non-hydrogen) atoms. The first-order valence-corrected chi connectivity index (χ1v) is 12.6. The van der Waals surface area contributed by atoms with Crippen molar-refractivity contribution < 1.29 is 19.1 Å². The third-order valence-corrected chi connectivity index (χ3v) is 7.52. The Morgan fingerprint density at radius 2 is 1.85 bits per heavy atom. The molecule has 6 nitrogen and oxygen atoms in total. The molecule has 2 heterocycles. The summed E-state index contributed by atoms with van der Waals surface area (Å²) in [6.07, 6.45) is 3.55. The summed E-state index contributed by atoms with van der Waals surface area (Å²) in [7, 11) is 0. The minimum atomic E-state index is -0.450. The number of amides is 3. The first kappa shape index (κ1) is 24.1. The molecule has 172 valence electrons. The van der Waals surface area contributed by atoms with E-state index in [1.165, 1.54) is 0 Å². The largest absolute Gasteiger partial charge is 0.488 e. The Balaban J connectivity index is 1.41. The molecule has 2 saturated heterocycles. The fourth-order valence-corrected chi connectivity index (χ4v) is 5.17. The second-order valence-electron chi connectivity index (χ2n) is 7.58. The second-order valence-corrected chi connectivity index (χ2v) is 10.2. The van der Waals surface area contributed by atoms with E-state index in [1.807, 2.05) is 6.07 Å². The second kappa shape index (κ2) is 10.5. The van der Waals surface area contributed by atoms with Crippen molar-refractivity contribution in [3.05, 3.63) is 66.9 Å². The third kappa shape index (κ3) is 5.74. The number of halogens is 3. The van der Waals surface area contributed by atoms with E-state index in [0.29, 0.717) is 40.0 Å². The van der Waals surface area contributed by atoms with Gasteiger partial charge in [0.15, 0.2) is 0 Å². The highest BCUT2D eigenvalue weighted by Gasteiger charge is 2.37. The summed E-state index contributed by atoms with van der Waals surface area (Å²) < 4.78 is 6.54. The normalized spacial score (nSPS) is 17.4. The lowest BCUT2D eigenvalue weighted by Crippen LogP contribution is -2.40. The van der Waals surface area contributed by atoms with Crippen LogP contribution in [0.4, 0.5) is 4.79 Å². The SMILES string of the molecule is O=C(CN1C(=O)S/C(=C/c2ccc(OCc3ccc(Cl)c(Cl)c3)c(Br)c2)C1=O)N1CCCC1. The Labute approximate surface area is 214 Å². The van der Waals surface area contributed by atoms with Gasteiger partial charge in [0.2, 0.25) is 5.91 Å². The van der Waals surface area contributed by atoms with Crippen LogP contribution in [0.5, 0.6) is 5.75 Å². The number of imide groups is 1. The molecule has 2 aliphatic rings. The number of hydrogen-bond acceptors (Lipinski definition) is 5. The molecule has 0 unspecified atom stereocenters. The number of carbonyl (C=O) groups excluding carboxylic acids is 3. The summed E-state index contributed by atoms with van der Waals surface area (Å²) in [6.45, 7) is 1.45. The van der Waals surface area contributed by atoms with Crippen molar-refractivity contribution >= 4 is 74.0 Å². The lowest BCUT2D eigenvalue weighted by molar-refractivity contribution is -0.135. The van der Waals surface area contributed by atoms with Crippen LogP contribution >= 0.6 is 50.9 Å². The number of thioether (sulfide) groups is 1. The predicted octanol–water partition coefficient (Wildman–Crippen LogP) is 5.99. The fourth-order valence-electron chi connectivity index (χ4n) is 3.50. The predicted molar refractivity (Wildman–Crippen MR) is 133 cm³/mol. The van der Waals surface area contributed by atoms with E-state index in [-0.39, 0.29) is 17.4 Å². The van der Waals surface area contributed by atoms with E-state index in [9.17, 15) is 14.4 Å². The van der Waals surface area contributed by atoms with E-state index in [2.05, 4.69) is 15.9 Å². The Hall–Kier alpha value is -2.00. The van der Waals surface area contributed by atoms with Crippen molar-refractivity contribution in [3.8, 4) is 5.75 Å². The van der Waals surface area contributed by atoms with Crippen molar-refractivity contribution in [3.63, 3.8) is 0 Å². The van der Waals surface area contributed by atoms with Crippen LogP contribution in [0.1, 0.15) is 24.0 Å². The average molecular weight is 570 g/mol. The summed E-state index contributed by atoms with van der Waals surface area (Å²) in [5, 5.41) is 0.512. The van der Waals surface area contributed by atoms with Gasteiger partial charge in [-0.1, -0.05) is 35.3 Å². The molecular formula is C23H19BrCl2N2O4S. The molecule has 0 saturated carbocycles. The number of likely N-dealkylation sites (tertiary alicyclic amines) is 1. The van der Waals surface area contributed by atoms with Gasteiger partial charge in [0.05, 0.1) is 19.4 Å². The van der Waals surface area contributed by atoms with Crippen molar-refractivity contribution in [2.24, 2.45) is 0 Å². The number of hydrogen-bond donors (Lipinski definition) is 0. The van der Waals surface area contributed by atoms with Gasteiger partial charge < -0.3 is 9.64 Å². The quantitative estimate of drug-likeness (QED) is 0.399. The lowest BCUT2D eigenvalue weighted by atomic mass is 10.2. The number of rotatable bonds is 6. The Kier molecular flexibility index (Phi) is 7.69. The third-order valence-electron chi connectivity index (χ3n) is 5.26. The van der Waals surface area contributed by atoms with Gasteiger partial charge >= 0.3 is 0 Å². The molecule has 2 aliphatic heterocycles. The minimum Gasteiger partial charge on any atom is -0.488 e. The van der Waals surface area contributed by atoms with Gasteiger partial charge in [-0.15, -0.1) is 0 Å². The lowest BCUT2D eigenvalue weighted by Gasteiger charge is -2.18. The summed E-state index contributed by atoms with van der Waals surface area (Å²) in [5.74, 6) is -0.0292. The van der Waals surface area contributed by atoms with Crippen LogP contribution in [-0.4, -0.2) is 46.5 Å². The highest BCUT2D eigenvalue weighted by molar-refractivity contribution is 9.10. The monoisotopic (exact) mass is 568 g/mol. The highest BCUT2D eigenvalue weighted by atomic mass is 79.9. The Morgan fingerprint density at radius 3 is 2.55 bits per heavy atom. The van der Waals surface area contributed by atoms with Gasteiger partial charge in [-0.3, -0.25) is 19.3 Å². The maximum atomic E-state index is 12.7. The first-order valence-electron chi connectivity index (χ1n) is 10.2. The molecule has 0 bridgehead atoms. The number of carbonyl (C=O) groups is 3. The van der Waals surface area contributed by atoms with Crippen molar-refractivity contribution in [2.45, 2.75) is 19.4 Å². The van der Waals surface area contributed by atoms with Crippen molar-refractivity contribution in [1.82, 2.24) is 9.80 Å². The Morgan fingerprint density at radius 1 is 1.09 bits per heavy atom. The van der Waals surface area contributed by atoms with Gasteiger partial charge in [-0.2, -0.15) is 0 Å². The zero-order chi connectivity index (χ0) is 23.5. The fraction of sp³-hybridized carbons (Fsp3) is 0.261. The summed E-state index contributed by atoms with van der Waals surface area (Å²) >= 11 is 16.3. The molecule has 2 aromatic carbocycles. The number of ether oxygens (including phenoxy) is 1. The van der Waals surface area contributed by atoms with Crippen LogP contribution in [0.25, 0.3) is 6.08 Å². The topological polar surface area (TPSA) is 66.9 Å². The van der Waals surface area contributed by atoms with Gasteiger partial charge in [-0.05, 0) is 82.0 Å². The molecule has 0 atom stereocenters. The van der Waals surface area contributed by atoms with E-state index in [1.54, 1.807) is 41.3 Å². The summed E-state index contributed by atoms with van der Waals surface area (Å²) in [5.41, 5.74) is 1.60. The van der Waals surface area contributed by atoms with E-state index >= 15 is 0 Å². The maximum Gasteiger partial charge on any atom is 0.294 e. The maximum absolute atomic E-state index is 12.7. The van der Waals surface area contributed by atoms with Gasteiger partial charge in [-0.25, -0.2) is 0 Å². The first-order chi connectivity index (χ1) is 15.8. The number of nitrogens with zero attached hydrogens (tertiary/aromatic N) is 2. The molecule has 0 aliphatic carbocycles. The minimum absolute atomic E-state index is 0.192. The van der Waals surface area contributed by atoms with Gasteiger partial charge in [0, 0.05) is 13.1 Å². The van der Waals surface area contributed by atoms with Crippen LogP contribution in [0, 0.1) is 0 Å². The standard InChI is InChI=1S/C23H19BrCl2N2O4S/c24-16-9-14(4-6-19(16)32-13-15-3-5-17(25)18(26)10-15)11-20-22(30)28(23(31)33-20)12-21(29)27-7-1-2-8-27/h3-6,9-11H,1-2,7-8,12-13H2/b20-11+. The van der Waals surface area contributed by atoms with E-state index < -0.39 is 11.1 Å². The summed E-state index contributed by atoms with van der Waals surface area (Å²) in [4.78, 5) is 40.4. The van der Waals surface area contributed by atoms with Crippen LogP contribution in [0.2, 0.25) is 10.0 Å². The van der Waals surface area contributed by atoms with Gasteiger partial charge in [0.1, 0.15) is 18.9 Å². The van der Waals surface area contributed by atoms with Crippen LogP contribution in [-0.2, 0) is 16.2 Å². The van der Waals surface area contributed by atoms with Crippen LogP contribution < -0.4 is 4.74 Å². The zero-order valence-corrected chi connectivity index (χ0v) is 21.3. The van der Waals surface area contributed by atoms with Crippen LogP contribution in [0.15, 0.2) is 45.8 Å². The highest BCUT2D eigenvalue weighted by Crippen LogP contribution is 2.34. The summed E-state index contributed by atoms with van der Waals surface area (Å²) in [6, 6.07) is 10.7. The molecule has 10 heteroatoms.